The quantitative estimate of drug-likeness (QED) is 0.526. The molecule has 0 aliphatic rings. The number of fused-ring (bicyclic) bond motifs is 2. The van der Waals surface area contributed by atoms with E-state index in [1.54, 1.807) is 30.5 Å². The lowest BCUT2D eigenvalue weighted by Gasteiger charge is -1.99. The molecule has 0 saturated heterocycles. The molecule has 0 aliphatic heterocycles. The fourth-order valence-electron chi connectivity index (χ4n) is 2.43. The van der Waals surface area contributed by atoms with Crippen molar-refractivity contribution in [3.63, 3.8) is 0 Å². The van der Waals surface area contributed by atoms with E-state index in [4.69, 9.17) is 10.2 Å². The first kappa shape index (κ1) is 13.1. The number of nitrogen functional groups attached to an aromatic ring is 1. The number of nitrogens with zero attached hydrogens (tertiary/aromatic N) is 2. The zero-order valence-electron chi connectivity index (χ0n) is 11.3. The summed E-state index contributed by atoms with van der Waals surface area (Å²) < 4.78 is 7.86. The SMILES string of the molecule is Nc1ccc2c(cnn2C(=O)c2cc3ccc(Br)cc3o2)c1. The Hall–Kier alpha value is -2.60. The van der Waals surface area contributed by atoms with E-state index in [2.05, 4.69) is 21.0 Å². The average molecular weight is 356 g/mol. The first-order valence-electron chi connectivity index (χ1n) is 6.59. The Balaban J connectivity index is 1.84. The van der Waals surface area contributed by atoms with Gasteiger partial charge in [0.2, 0.25) is 0 Å². The summed E-state index contributed by atoms with van der Waals surface area (Å²) in [5.74, 6) is -0.0676. The fraction of sp³-hybridized carbons (Fsp3) is 0. The first-order chi connectivity index (χ1) is 10.6. The molecule has 0 saturated carbocycles. The smallest absolute Gasteiger partial charge is 0.314 e. The van der Waals surface area contributed by atoms with E-state index in [-0.39, 0.29) is 11.7 Å². The lowest BCUT2D eigenvalue weighted by atomic mass is 10.2. The van der Waals surface area contributed by atoms with Crippen LogP contribution in [0.1, 0.15) is 10.6 Å². The predicted octanol–water partition coefficient (Wildman–Crippen LogP) is 3.82. The number of furan rings is 1. The van der Waals surface area contributed by atoms with Gasteiger partial charge in [0.25, 0.3) is 0 Å². The maximum atomic E-state index is 12.6. The van der Waals surface area contributed by atoms with Gasteiger partial charge in [-0.15, -0.1) is 0 Å². The molecule has 0 spiro atoms. The molecule has 0 atom stereocenters. The van der Waals surface area contributed by atoms with Crippen molar-refractivity contribution in [3.8, 4) is 0 Å². The van der Waals surface area contributed by atoms with Crippen molar-refractivity contribution in [2.45, 2.75) is 0 Å². The molecule has 108 valence electrons. The number of nitrogens with two attached hydrogens (primary N) is 1. The number of rotatable bonds is 1. The third-order valence-corrected chi connectivity index (χ3v) is 3.97. The van der Waals surface area contributed by atoms with Crippen LogP contribution in [0.5, 0.6) is 0 Å². The maximum Gasteiger partial charge on any atom is 0.314 e. The van der Waals surface area contributed by atoms with Crippen LogP contribution in [0.4, 0.5) is 5.69 Å². The van der Waals surface area contributed by atoms with Crippen LogP contribution in [-0.2, 0) is 0 Å². The molecule has 2 aromatic heterocycles. The maximum absolute atomic E-state index is 12.6. The Morgan fingerprint density at radius 1 is 1.14 bits per heavy atom. The van der Waals surface area contributed by atoms with Gasteiger partial charge < -0.3 is 10.2 Å². The molecule has 2 heterocycles. The van der Waals surface area contributed by atoms with Crippen molar-refractivity contribution < 1.29 is 9.21 Å². The van der Waals surface area contributed by atoms with Crippen LogP contribution in [0.2, 0.25) is 0 Å². The number of anilines is 1. The molecule has 0 aliphatic carbocycles. The topological polar surface area (TPSA) is 74.0 Å². The second-order valence-electron chi connectivity index (χ2n) is 4.97. The molecule has 0 amide bonds. The van der Waals surface area contributed by atoms with Gasteiger partial charge in [-0.1, -0.05) is 15.9 Å². The van der Waals surface area contributed by atoms with E-state index in [1.165, 1.54) is 4.68 Å². The summed E-state index contributed by atoms with van der Waals surface area (Å²) >= 11 is 3.38. The summed E-state index contributed by atoms with van der Waals surface area (Å²) in [5.41, 5.74) is 7.72. The third-order valence-electron chi connectivity index (χ3n) is 3.48. The van der Waals surface area contributed by atoms with Crippen molar-refractivity contribution >= 4 is 49.4 Å². The number of benzene rings is 2. The Kier molecular flexibility index (Phi) is 2.80. The minimum atomic E-state index is -0.313. The molecule has 4 aromatic rings. The molecule has 4 rings (SSSR count). The lowest BCUT2D eigenvalue weighted by molar-refractivity contribution is 0.0925. The number of carbonyl (C=O) groups excluding carboxylic acids is 1. The molecule has 22 heavy (non-hydrogen) atoms. The highest BCUT2D eigenvalue weighted by atomic mass is 79.9. The normalized spacial score (nSPS) is 11.3. The molecule has 0 bridgehead atoms. The van der Waals surface area contributed by atoms with Gasteiger partial charge in [-0.2, -0.15) is 9.78 Å². The van der Waals surface area contributed by atoms with Crippen LogP contribution in [0.25, 0.3) is 21.9 Å². The van der Waals surface area contributed by atoms with Gasteiger partial charge >= 0.3 is 5.91 Å². The highest BCUT2D eigenvalue weighted by Gasteiger charge is 2.17. The Morgan fingerprint density at radius 3 is 2.86 bits per heavy atom. The van der Waals surface area contributed by atoms with Crippen LogP contribution in [-0.4, -0.2) is 15.7 Å². The number of carbonyl (C=O) groups is 1. The summed E-state index contributed by atoms with van der Waals surface area (Å²) in [6.07, 6.45) is 1.61. The standard InChI is InChI=1S/C16H10BrN3O2/c17-11-2-1-9-6-15(22-14(9)7-11)16(21)20-13-4-3-12(18)5-10(13)8-19-20/h1-8H,18H2. The van der Waals surface area contributed by atoms with Crippen molar-refractivity contribution in [3.05, 3.63) is 58.9 Å². The molecular formula is C16H10BrN3O2. The molecule has 5 nitrogen and oxygen atoms in total. The lowest BCUT2D eigenvalue weighted by Crippen LogP contribution is -2.12. The molecule has 2 aromatic carbocycles. The van der Waals surface area contributed by atoms with Crippen LogP contribution >= 0.6 is 15.9 Å². The molecule has 2 N–H and O–H groups in total. The van der Waals surface area contributed by atoms with Crippen LogP contribution in [0, 0.1) is 0 Å². The van der Waals surface area contributed by atoms with Crippen molar-refractivity contribution in [2.24, 2.45) is 0 Å². The van der Waals surface area contributed by atoms with E-state index in [0.717, 1.165) is 15.2 Å². The largest absolute Gasteiger partial charge is 0.451 e. The van der Waals surface area contributed by atoms with E-state index >= 15 is 0 Å². The molecule has 0 fully saturated rings. The predicted molar refractivity (Wildman–Crippen MR) is 87.8 cm³/mol. The van der Waals surface area contributed by atoms with Gasteiger partial charge in [-0.25, -0.2) is 0 Å². The highest BCUT2D eigenvalue weighted by molar-refractivity contribution is 9.10. The Bertz CT molecular complexity index is 1030. The van der Waals surface area contributed by atoms with Gasteiger partial charge in [0, 0.05) is 20.9 Å². The van der Waals surface area contributed by atoms with Crippen LogP contribution in [0.3, 0.4) is 0 Å². The highest BCUT2D eigenvalue weighted by Crippen LogP contribution is 2.25. The second kappa shape index (κ2) is 4.71. The van der Waals surface area contributed by atoms with Crippen molar-refractivity contribution in [1.82, 2.24) is 9.78 Å². The Morgan fingerprint density at radius 2 is 2.00 bits per heavy atom. The third kappa shape index (κ3) is 2.00. The van der Waals surface area contributed by atoms with Crippen molar-refractivity contribution in [1.29, 1.82) is 0 Å². The number of halogens is 1. The molecular weight excluding hydrogens is 346 g/mol. The number of hydrogen-bond acceptors (Lipinski definition) is 4. The van der Waals surface area contributed by atoms with Gasteiger partial charge in [-0.3, -0.25) is 4.79 Å². The zero-order valence-corrected chi connectivity index (χ0v) is 12.9. The van der Waals surface area contributed by atoms with E-state index in [1.807, 2.05) is 18.2 Å². The van der Waals surface area contributed by atoms with E-state index in [9.17, 15) is 4.79 Å². The first-order valence-corrected chi connectivity index (χ1v) is 7.38. The van der Waals surface area contributed by atoms with Crippen LogP contribution in [0.15, 0.2) is 57.6 Å². The average Bonchev–Trinajstić information content (AvgIpc) is 3.09. The molecule has 0 radical (unpaired) electrons. The minimum absolute atomic E-state index is 0.245. The minimum Gasteiger partial charge on any atom is -0.451 e. The van der Waals surface area contributed by atoms with E-state index in [0.29, 0.717) is 16.8 Å². The summed E-state index contributed by atoms with van der Waals surface area (Å²) in [6.45, 7) is 0. The number of aromatic nitrogens is 2. The summed E-state index contributed by atoms with van der Waals surface area (Å²) in [5, 5.41) is 5.82. The fourth-order valence-corrected chi connectivity index (χ4v) is 2.77. The second-order valence-corrected chi connectivity index (χ2v) is 5.89. The van der Waals surface area contributed by atoms with Gasteiger partial charge in [0.05, 0.1) is 11.7 Å². The summed E-state index contributed by atoms with van der Waals surface area (Å²) in [4.78, 5) is 12.6. The summed E-state index contributed by atoms with van der Waals surface area (Å²) in [7, 11) is 0. The number of hydrogen-bond donors (Lipinski definition) is 1. The van der Waals surface area contributed by atoms with Crippen LogP contribution < -0.4 is 5.73 Å². The van der Waals surface area contributed by atoms with Crippen molar-refractivity contribution in [2.75, 3.05) is 5.73 Å². The van der Waals surface area contributed by atoms with Gasteiger partial charge in [0.1, 0.15) is 5.58 Å². The zero-order chi connectivity index (χ0) is 15.3. The summed E-state index contributed by atoms with van der Waals surface area (Å²) in [6, 6.07) is 12.6. The molecule has 6 heteroatoms. The van der Waals surface area contributed by atoms with Gasteiger partial charge in [-0.05, 0) is 42.5 Å². The Labute approximate surface area is 133 Å². The monoisotopic (exact) mass is 355 g/mol. The molecule has 0 unspecified atom stereocenters. The van der Waals surface area contributed by atoms with E-state index < -0.39 is 0 Å². The van der Waals surface area contributed by atoms with Gasteiger partial charge in [0.15, 0.2) is 5.76 Å².